The molecule has 0 spiro atoms. The van der Waals surface area contributed by atoms with Crippen LogP contribution in [0.1, 0.15) is 59.4 Å². The van der Waals surface area contributed by atoms with Gasteiger partial charge in [-0.1, -0.05) is 18.8 Å². The molecule has 0 fully saturated rings. The zero-order chi connectivity index (χ0) is 30.2. The predicted octanol–water partition coefficient (Wildman–Crippen LogP) is 4.57. The first-order valence-electron chi connectivity index (χ1n) is 13.6. The van der Waals surface area contributed by atoms with Gasteiger partial charge in [0, 0.05) is 39.3 Å². The fraction of sp³-hybridized carbons (Fsp3) is 0.483. The summed E-state index contributed by atoms with van der Waals surface area (Å²) in [5.74, 6) is 6.36. The Balaban J connectivity index is 1.56. The minimum absolute atomic E-state index is 0.265. The zero-order valence-electron chi connectivity index (χ0n) is 24.8. The zero-order valence-corrected chi connectivity index (χ0v) is 24.8. The Kier molecular flexibility index (Phi) is 10.5. The van der Waals surface area contributed by atoms with Crippen molar-refractivity contribution < 1.29 is 18.7 Å². The first-order valence-corrected chi connectivity index (χ1v) is 13.6. The number of carbonyl (C=O) groups excluding carboxylic acids is 2. The number of fused-ring (bicyclic) bond motifs is 1. The molecule has 0 aliphatic rings. The average Bonchev–Trinajstić information content (AvgIpc) is 3.20. The van der Waals surface area contributed by atoms with Crippen molar-refractivity contribution in [1.82, 2.24) is 30.0 Å². The Labute approximate surface area is 240 Å². The summed E-state index contributed by atoms with van der Waals surface area (Å²) in [5.41, 5.74) is 1.34. The number of likely N-dealkylation sites (N-methyl/N-ethyl adjacent to an activating group) is 1. The first-order chi connectivity index (χ1) is 19.4. The minimum atomic E-state index is -0.669. The molecule has 1 aromatic carbocycles. The van der Waals surface area contributed by atoms with Gasteiger partial charge < -0.3 is 20.7 Å². The lowest BCUT2D eigenvalue weighted by molar-refractivity contribution is -0.125. The lowest BCUT2D eigenvalue weighted by Crippen LogP contribution is -2.47. The summed E-state index contributed by atoms with van der Waals surface area (Å²) in [6.45, 7) is 10.2. The van der Waals surface area contributed by atoms with E-state index in [2.05, 4.69) is 49.8 Å². The van der Waals surface area contributed by atoms with E-state index >= 15 is 0 Å². The Morgan fingerprint density at radius 2 is 2.00 bits per heavy atom. The van der Waals surface area contributed by atoms with Crippen LogP contribution in [0.2, 0.25) is 0 Å². The van der Waals surface area contributed by atoms with Gasteiger partial charge in [0.1, 0.15) is 17.5 Å². The maximum atomic E-state index is 14.1. The highest BCUT2D eigenvalue weighted by atomic mass is 19.1. The molecule has 2 amide bonds. The van der Waals surface area contributed by atoms with Gasteiger partial charge in [0.05, 0.1) is 22.7 Å². The van der Waals surface area contributed by atoms with Gasteiger partial charge in [-0.2, -0.15) is 9.37 Å². The molecule has 3 N–H and O–H groups in total. The monoisotopic (exact) mass is 566 g/mol. The Morgan fingerprint density at radius 3 is 2.71 bits per heavy atom. The minimum Gasteiger partial charge on any atom is -0.444 e. The number of rotatable bonds is 10. The molecule has 0 aliphatic carbocycles. The lowest BCUT2D eigenvalue weighted by Gasteiger charge is -2.28. The van der Waals surface area contributed by atoms with Crippen molar-refractivity contribution in [3.8, 4) is 11.8 Å². The second-order valence-corrected chi connectivity index (χ2v) is 10.6. The van der Waals surface area contributed by atoms with Crippen LogP contribution in [0.3, 0.4) is 0 Å². The van der Waals surface area contributed by atoms with Crippen LogP contribution in [0, 0.1) is 17.8 Å². The van der Waals surface area contributed by atoms with Crippen molar-refractivity contribution in [3.63, 3.8) is 0 Å². The maximum Gasteiger partial charge on any atom is 0.410 e. The van der Waals surface area contributed by atoms with E-state index in [1.807, 2.05) is 6.07 Å². The fourth-order valence-corrected chi connectivity index (χ4v) is 3.70. The molecular formula is C29H39FN8O3. The molecule has 41 heavy (non-hydrogen) atoms. The van der Waals surface area contributed by atoms with Gasteiger partial charge in [0.15, 0.2) is 0 Å². The number of nitrogens with one attached hydrogen (secondary N) is 3. The number of anilines is 3. The van der Waals surface area contributed by atoms with Crippen LogP contribution in [0.25, 0.3) is 10.9 Å². The molecule has 0 saturated carbocycles. The normalized spacial score (nSPS) is 11.8. The highest BCUT2D eigenvalue weighted by Gasteiger charge is 2.26. The number of aromatic nitrogens is 4. The van der Waals surface area contributed by atoms with Gasteiger partial charge in [-0.3, -0.25) is 14.4 Å². The van der Waals surface area contributed by atoms with Gasteiger partial charge in [-0.25, -0.2) is 9.78 Å². The third-order valence-corrected chi connectivity index (χ3v) is 6.04. The number of carbonyl (C=O) groups is 2. The highest BCUT2D eigenvalue weighted by Crippen LogP contribution is 2.24. The van der Waals surface area contributed by atoms with Gasteiger partial charge >= 0.3 is 6.09 Å². The second kappa shape index (κ2) is 13.8. The van der Waals surface area contributed by atoms with Crippen LogP contribution in [0.15, 0.2) is 24.4 Å². The van der Waals surface area contributed by atoms with E-state index in [4.69, 9.17) is 4.74 Å². The summed E-state index contributed by atoms with van der Waals surface area (Å²) < 4.78 is 20.9. The molecule has 3 aromatic rings. The summed E-state index contributed by atoms with van der Waals surface area (Å²) in [7, 11) is 3.23. The number of benzene rings is 1. The third kappa shape index (κ3) is 8.79. The lowest BCUT2D eigenvalue weighted by atomic mass is 10.2. The number of amides is 2. The Hall–Kier alpha value is -4.40. The van der Waals surface area contributed by atoms with Crippen LogP contribution in [-0.2, 0) is 16.6 Å². The van der Waals surface area contributed by atoms with Crippen molar-refractivity contribution in [3.05, 3.63) is 35.9 Å². The molecule has 0 bridgehead atoms. The summed E-state index contributed by atoms with van der Waals surface area (Å²) >= 11 is 0. The van der Waals surface area contributed by atoms with Crippen LogP contribution in [0.5, 0.6) is 0 Å². The van der Waals surface area contributed by atoms with Crippen LogP contribution < -0.4 is 16.0 Å². The van der Waals surface area contributed by atoms with E-state index in [1.54, 1.807) is 53.1 Å². The van der Waals surface area contributed by atoms with Crippen molar-refractivity contribution in [2.45, 2.75) is 65.5 Å². The van der Waals surface area contributed by atoms with Gasteiger partial charge in [0.25, 0.3) is 0 Å². The number of ether oxygens (including phenoxy) is 1. The van der Waals surface area contributed by atoms with Gasteiger partial charge in [-0.05, 0) is 58.7 Å². The van der Waals surface area contributed by atoms with Gasteiger partial charge in [0.2, 0.25) is 17.8 Å². The number of nitrogens with zero attached hydrogens (tertiary/aromatic N) is 5. The fourth-order valence-electron chi connectivity index (χ4n) is 3.70. The number of halogens is 1. The largest absolute Gasteiger partial charge is 0.444 e. The van der Waals surface area contributed by atoms with E-state index in [1.165, 1.54) is 16.6 Å². The summed E-state index contributed by atoms with van der Waals surface area (Å²) in [4.78, 5) is 34.9. The predicted molar refractivity (Wildman–Crippen MR) is 157 cm³/mol. The molecular weight excluding hydrogens is 527 g/mol. The molecule has 12 heteroatoms. The number of hydrogen-bond acceptors (Lipinski definition) is 8. The summed E-state index contributed by atoms with van der Waals surface area (Å²) in [6.07, 6.45) is 3.16. The Morgan fingerprint density at radius 1 is 1.24 bits per heavy atom. The molecule has 220 valence electrons. The maximum absolute atomic E-state index is 14.1. The molecule has 0 radical (unpaired) electrons. The van der Waals surface area contributed by atoms with Crippen molar-refractivity contribution in [1.29, 1.82) is 0 Å². The first kappa shape index (κ1) is 31.1. The Bertz CT molecular complexity index is 1440. The van der Waals surface area contributed by atoms with Crippen LogP contribution >= 0.6 is 0 Å². The smallest absolute Gasteiger partial charge is 0.410 e. The topological polar surface area (TPSA) is 126 Å². The van der Waals surface area contributed by atoms with Gasteiger partial charge in [-0.15, -0.1) is 5.10 Å². The van der Waals surface area contributed by atoms with E-state index in [9.17, 15) is 14.0 Å². The van der Waals surface area contributed by atoms with E-state index in [0.29, 0.717) is 59.9 Å². The SMILES string of the molecule is CCCNc1nc(Nc2ccc3c(c2)c(F)nn3C)ncc1C#CCCCNC(=O)[C@H](C)N(C)C(=O)OC(C)(C)C. The molecule has 2 aromatic heterocycles. The molecule has 0 aliphatic heterocycles. The molecule has 2 heterocycles. The van der Waals surface area contributed by atoms with Crippen molar-refractivity contribution in [2.75, 3.05) is 30.8 Å². The third-order valence-electron chi connectivity index (χ3n) is 6.04. The summed E-state index contributed by atoms with van der Waals surface area (Å²) in [6, 6.07) is 4.60. The molecule has 11 nitrogen and oxygen atoms in total. The number of hydrogen-bond donors (Lipinski definition) is 3. The number of aryl methyl sites for hydroxylation is 1. The van der Waals surface area contributed by atoms with Crippen molar-refractivity contribution >= 4 is 40.4 Å². The highest BCUT2D eigenvalue weighted by molar-refractivity contribution is 5.85. The average molecular weight is 567 g/mol. The standard InChI is InChI=1S/C29H39FN8O3/c1-8-15-31-25-20(12-10-9-11-16-32-26(39)19(2)37(6)28(40)41-29(3,4)5)18-33-27(35-25)34-21-13-14-23-22(17-21)24(30)36-38(23)7/h13-14,17-19H,8-9,11,15-16H2,1-7H3,(H,32,39)(H2,31,33,34,35)/t19-/m0/s1. The van der Waals surface area contributed by atoms with E-state index in [0.717, 1.165) is 6.42 Å². The summed E-state index contributed by atoms with van der Waals surface area (Å²) in [5, 5.41) is 13.5. The van der Waals surface area contributed by atoms with E-state index in [-0.39, 0.29) is 5.91 Å². The number of unbranched alkanes of at least 4 members (excludes halogenated alkanes) is 1. The molecule has 3 rings (SSSR count). The van der Waals surface area contributed by atoms with Crippen LogP contribution in [-0.4, -0.2) is 68.4 Å². The van der Waals surface area contributed by atoms with E-state index < -0.39 is 23.7 Å². The molecule has 1 atom stereocenters. The molecule has 0 unspecified atom stereocenters. The molecule has 0 saturated heterocycles. The quantitative estimate of drug-likeness (QED) is 0.241. The van der Waals surface area contributed by atoms with Crippen molar-refractivity contribution in [2.24, 2.45) is 7.05 Å². The second-order valence-electron chi connectivity index (χ2n) is 10.6. The van der Waals surface area contributed by atoms with Crippen LogP contribution in [0.4, 0.5) is 26.6 Å².